The van der Waals surface area contributed by atoms with Crippen molar-refractivity contribution in [1.82, 2.24) is 4.98 Å². The van der Waals surface area contributed by atoms with E-state index in [0.717, 1.165) is 12.8 Å². The standard InChI is InChI=1S/C12H17NO3/c1-9(2)4-3-7-16-11-8-13-6-5-10(11)12(14)15/h5-6,8-9H,3-4,7H2,1-2H3,(H,14,15). The number of aromatic carboxylic acids is 1. The Morgan fingerprint density at radius 3 is 2.94 bits per heavy atom. The van der Waals surface area contributed by atoms with Crippen LogP contribution in [0.5, 0.6) is 5.75 Å². The maximum absolute atomic E-state index is 10.9. The molecule has 0 bridgehead atoms. The van der Waals surface area contributed by atoms with Gasteiger partial charge < -0.3 is 9.84 Å². The number of rotatable bonds is 6. The molecule has 0 aliphatic heterocycles. The van der Waals surface area contributed by atoms with Gasteiger partial charge in [0, 0.05) is 6.20 Å². The van der Waals surface area contributed by atoms with Crippen LogP contribution in [0.25, 0.3) is 0 Å². The van der Waals surface area contributed by atoms with Crippen molar-refractivity contribution in [2.45, 2.75) is 26.7 Å². The third-order valence-corrected chi connectivity index (χ3v) is 2.20. The zero-order valence-corrected chi connectivity index (χ0v) is 9.64. The highest BCUT2D eigenvalue weighted by Crippen LogP contribution is 2.16. The van der Waals surface area contributed by atoms with E-state index in [0.29, 0.717) is 18.3 Å². The minimum absolute atomic E-state index is 0.166. The predicted octanol–water partition coefficient (Wildman–Crippen LogP) is 2.59. The van der Waals surface area contributed by atoms with E-state index < -0.39 is 5.97 Å². The van der Waals surface area contributed by atoms with Gasteiger partial charge in [-0.05, 0) is 24.8 Å². The van der Waals surface area contributed by atoms with E-state index in [2.05, 4.69) is 18.8 Å². The summed E-state index contributed by atoms with van der Waals surface area (Å²) in [6.07, 6.45) is 4.89. The lowest BCUT2D eigenvalue weighted by Gasteiger charge is -2.09. The third-order valence-electron chi connectivity index (χ3n) is 2.20. The number of hydrogen-bond donors (Lipinski definition) is 1. The average Bonchev–Trinajstić information content (AvgIpc) is 2.24. The molecule has 0 aromatic carbocycles. The molecule has 4 heteroatoms. The normalized spacial score (nSPS) is 10.4. The summed E-state index contributed by atoms with van der Waals surface area (Å²) in [5.74, 6) is -0.00328. The van der Waals surface area contributed by atoms with Gasteiger partial charge in [-0.2, -0.15) is 0 Å². The molecule has 1 heterocycles. The Labute approximate surface area is 95.3 Å². The van der Waals surface area contributed by atoms with Crippen molar-refractivity contribution in [3.8, 4) is 5.75 Å². The van der Waals surface area contributed by atoms with Crippen molar-refractivity contribution < 1.29 is 14.6 Å². The van der Waals surface area contributed by atoms with Crippen LogP contribution in [0.3, 0.4) is 0 Å². The van der Waals surface area contributed by atoms with Crippen LogP contribution in [-0.4, -0.2) is 22.7 Å². The molecule has 1 rings (SSSR count). The summed E-state index contributed by atoms with van der Waals surface area (Å²) in [6.45, 7) is 4.82. The first-order chi connectivity index (χ1) is 7.61. The van der Waals surface area contributed by atoms with E-state index in [1.807, 2.05) is 0 Å². The second-order valence-electron chi connectivity index (χ2n) is 4.06. The molecule has 0 aliphatic rings. The van der Waals surface area contributed by atoms with Crippen molar-refractivity contribution in [3.63, 3.8) is 0 Å². The molecule has 0 unspecified atom stereocenters. The van der Waals surface area contributed by atoms with Crippen LogP contribution in [0.2, 0.25) is 0 Å². The number of carboxylic acids is 1. The second kappa shape index (κ2) is 6.10. The third kappa shape index (κ3) is 3.88. The number of nitrogens with zero attached hydrogens (tertiary/aromatic N) is 1. The molecule has 0 saturated carbocycles. The van der Waals surface area contributed by atoms with Crippen molar-refractivity contribution >= 4 is 5.97 Å². The minimum Gasteiger partial charge on any atom is -0.491 e. The van der Waals surface area contributed by atoms with E-state index in [1.54, 1.807) is 0 Å². The van der Waals surface area contributed by atoms with Crippen molar-refractivity contribution in [3.05, 3.63) is 24.0 Å². The Balaban J connectivity index is 2.50. The minimum atomic E-state index is -0.985. The highest BCUT2D eigenvalue weighted by molar-refractivity contribution is 5.90. The molecule has 0 amide bonds. The van der Waals surface area contributed by atoms with Gasteiger partial charge in [-0.15, -0.1) is 0 Å². The summed E-state index contributed by atoms with van der Waals surface area (Å²) in [5.41, 5.74) is 0.166. The molecule has 0 radical (unpaired) electrons. The lowest BCUT2D eigenvalue weighted by Crippen LogP contribution is -2.05. The van der Waals surface area contributed by atoms with Crippen LogP contribution in [-0.2, 0) is 0 Å². The first kappa shape index (κ1) is 12.5. The van der Waals surface area contributed by atoms with Crippen LogP contribution >= 0.6 is 0 Å². The fourth-order valence-electron chi connectivity index (χ4n) is 1.35. The van der Waals surface area contributed by atoms with Gasteiger partial charge in [-0.3, -0.25) is 4.98 Å². The van der Waals surface area contributed by atoms with Gasteiger partial charge in [0.25, 0.3) is 0 Å². The summed E-state index contributed by atoms with van der Waals surface area (Å²) in [6, 6.07) is 1.44. The van der Waals surface area contributed by atoms with E-state index >= 15 is 0 Å². The molecule has 0 atom stereocenters. The molecular formula is C12H17NO3. The largest absolute Gasteiger partial charge is 0.491 e. The summed E-state index contributed by atoms with van der Waals surface area (Å²) >= 11 is 0. The molecule has 4 nitrogen and oxygen atoms in total. The average molecular weight is 223 g/mol. The highest BCUT2D eigenvalue weighted by Gasteiger charge is 2.10. The zero-order chi connectivity index (χ0) is 12.0. The monoisotopic (exact) mass is 223 g/mol. The van der Waals surface area contributed by atoms with Gasteiger partial charge in [0.1, 0.15) is 5.56 Å². The summed E-state index contributed by atoms with van der Waals surface area (Å²) in [5, 5.41) is 8.90. The number of carbonyl (C=O) groups is 1. The van der Waals surface area contributed by atoms with Crippen molar-refractivity contribution in [1.29, 1.82) is 0 Å². The maximum Gasteiger partial charge on any atom is 0.339 e. The molecule has 0 spiro atoms. The fraction of sp³-hybridized carbons (Fsp3) is 0.500. The van der Waals surface area contributed by atoms with Crippen molar-refractivity contribution in [2.24, 2.45) is 5.92 Å². The first-order valence-electron chi connectivity index (χ1n) is 5.41. The summed E-state index contributed by atoms with van der Waals surface area (Å²) in [7, 11) is 0. The molecule has 1 aromatic heterocycles. The first-order valence-corrected chi connectivity index (χ1v) is 5.41. The van der Waals surface area contributed by atoms with Gasteiger partial charge in [-0.1, -0.05) is 13.8 Å². The molecule has 88 valence electrons. The fourth-order valence-corrected chi connectivity index (χ4v) is 1.35. The number of ether oxygens (including phenoxy) is 1. The number of hydrogen-bond acceptors (Lipinski definition) is 3. The van der Waals surface area contributed by atoms with Crippen LogP contribution in [0.4, 0.5) is 0 Å². The smallest absolute Gasteiger partial charge is 0.339 e. The van der Waals surface area contributed by atoms with E-state index in [-0.39, 0.29) is 5.56 Å². The molecule has 1 aromatic rings. The Bertz CT molecular complexity index is 350. The van der Waals surface area contributed by atoms with E-state index in [9.17, 15) is 4.79 Å². The maximum atomic E-state index is 10.9. The Hall–Kier alpha value is -1.58. The topological polar surface area (TPSA) is 59.4 Å². The Morgan fingerprint density at radius 1 is 1.56 bits per heavy atom. The van der Waals surface area contributed by atoms with Crippen LogP contribution < -0.4 is 4.74 Å². The number of pyridine rings is 1. The highest BCUT2D eigenvalue weighted by atomic mass is 16.5. The SMILES string of the molecule is CC(C)CCCOc1cnccc1C(=O)O. The van der Waals surface area contributed by atoms with Crippen LogP contribution in [0.15, 0.2) is 18.5 Å². The van der Waals surface area contributed by atoms with Gasteiger partial charge in [0.15, 0.2) is 5.75 Å². The predicted molar refractivity (Wildman–Crippen MR) is 60.8 cm³/mol. The number of carboxylic acid groups (broad SMARTS) is 1. The van der Waals surface area contributed by atoms with Gasteiger partial charge in [0.05, 0.1) is 12.8 Å². The lowest BCUT2D eigenvalue weighted by molar-refractivity contribution is 0.0692. The van der Waals surface area contributed by atoms with Crippen LogP contribution in [0.1, 0.15) is 37.0 Å². The van der Waals surface area contributed by atoms with E-state index in [1.165, 1.54) is 18.5 Å². The molecule has 16 heavy (non-hydrogen) atoms. The quantitative estimate of drug-likeness (QED) is 0.753. The second-order valence-corrected chi connectivity index (χ2v) is 4.06. The Morgan fingerprint density at radius 2 is 2.31 bits per heavy atom. The van der Waals surface area contributed by atoms with Gasteiger partial charge >= 0.3 is 5.97 Å². The molecule has 0 saturated heterocycles. The zero-order valence-electron chi connectivity index (χ0n) is 9.64. The Kier molecular flexibility index (Phi) is 4.76. The number of aromatic nitrogens is 1. The van der Waals surface area contributed by atoms with Crippen molar-refractivity contribution in [2.75, 3.05) is 6.61 Å². The van der Waals surface area contributed by atoms with Gasteiger partial charge in [-0.25, -0.2) is 4.79 Å². The lowest BCUT2D eigenvalue weighted by atomic mass is 10.1. The molecular weight excluding hydrogens is 206 g/mol. The van der Waals surface area contributed by atoms with Crippen LogP contribution in [0, 0.1) is 5.92 Å². The molecule has 0 aliphatic carbocycles. The van der Waals surface area contributed by atoms with Gasteiger partial charge in [0.2, 0.25) is 0 Å². The summed E-state index contributed by atoms with van der Waals surface area (Å²) in [4.78, 5) is 14.7. The summed E-state index contributed by atoms with van der Waals surface area (Å²) < 4.78 is 5.41. The van der Waals surface area contributed by atoms with E-state index in [4.69, 9.17) is 9.84 Å². The molecule has 0 fully saturated rings. The molecule has 1 N–H and O–H groups in total.